The van der Waals surface area contributed by atoms with Gasteiger partial charge in [-0.25, -0.2) is 8.42 Å². The molecule has 0 aliphatic carbocycles. The summed E-state index contributed by atoms with van der Waals surface area (Å²) in [6.07, 6.45) is 1.08. The van der Waals surface area contributed by atoms with Crippen LogP contribution < -0.4 is 5.32 Å². The number of nitrogens with one attached hydrogen (secondary N) is 1. The summed E-state index contributed by atoms with van der Waals surface area (Å²) in [6, 6.07) is 14.2. The zero-order valence-corrected chi connectivity index (χ0v) is 22.0. The first-order valence-corrected chi connectivity index (χ1v) is 13.8. The number of rotatable bonds is 9. The van der Waals surface area contributed by atoms with Gasteiger partial charge in [-0.05, 0) is 63.4 Å². The van der Waals surface area contributed by atoms with Gasteiger partial charge in [0.15, 0.2) is 0 Å². The fourth-order valence-electron chi connectivity index (χ4n) is 5.20. The average Bonchev–Trinajstić information content (AvgIpc) is 2.81. The lowest BCUT2D eigenvalue weighted by atomic mass is 9.97. The molecule has 1 amide bonds. The van der Waals surface area contributed by atoms with E-state index in [2.05, 4.69) is 36.2 Å². The fraction of sp³-hybridized carbons (Fsp3) is 0.519. The Morgan fingerprint density at radius 2 is 1.59 bits per heavy atom. The lowest BCUT2D eigenvalue weighted by Crippen LogP contribution is -2.45. The summed E-state index contributed by atoms with van der Waals surface area (Å²) in [6.45, 7) is 13.0. The number of amides is 1. The summed E-state index contributed by atoms with van der Waals surface area (Å²) in [7, 11) is -3.57. The van der Waals surface area contributed by atoms with Crippen molar-refractivity contribution >= 4 is 15.9 Å². The number of benzene rings is 2. The average molecular weight is 486 g/mol. The Hall–Kier alpha value is -2.22. The maximum absolute atomic E-state index is 13.3. The van der Waals surface area contributed by atoms with Crippen molar-refractivity contribution in [1.82, 2.24) is 14.5 Å². The van der Waals surface area contributed by atoms with Gasteiger partial charge in [0.1, 0.15) is 0 Å². The zero-order chi connectivity index (χ0) is 24.9. The second-order valence-corrected chi connectivity index (χ2v) is 11.2. The van der Waals surface area contributed by atoms with E-state index < -0.39 is 10.0 Å². The lowest BCUT2D eigenvalue weighted by molar-refractivity contribution is -0.126. The van der Waals surface area contributed by atoms with Crippen molar-refractivity contribution < 1.29 is 13.2 Å². The smallest absolute Gasteiger partial charge is 0.243 e. The van der Waals surface area contributed by atoms with Gasteiger partial charge in [0.25, 0.3) is 0 Å². The Balaban J connectivity index is 1.63. The van der Waals surface area contributed by atoms with E-state index in [1.807, 2.05) is 51.1 Å². The maximum Gasteiger partial charge on any atom is 0.243 e. The largest absolute Gasteiger partial charge is 0.354 e. The highest BCUT2D eigenvalue weighted by Gasteiger charge is 2.34. The molecule has 1 fully saturated rings. The van der Waals surface area contributed by atoms with Crippen LogP contribution in [0.4, 0.5) is 0 Å². The van der Waals surface area contributed by atoms with E-state index >= 15 is 0 Å². The molecule has 1 N–H and O–H groups in total. The standard InChI is InChI=1S/C27H39N3O3S/c1-6-29(7-2)25(23-11-9-8-10-12-23)19-28-27(31)24-13-15-30(16-14-24)34(32,33)26-21(4)17-20(3)18-22(26)5/h8-12,17-18,24-25H,6-7,13-16,19H2,1-5H3,(H,28,31). The summed E-state index contributed by atoms with van der Waals surface area (Å²) in [5.74, 6) is -0.146. The Morgan fingerprint density at radius 3 is 2.12 bits per heavy atom. The summed E-state index contributed by atoms with van der Waals surface area (Å²) in [4.78, 5) is 15.8. The third kappa shape index (κ3) is 5.88. The van der Waals surface area contributed by atoms with Crippen LogP contribution in [-0.2, 0) is 14.8 Å². The number of piperidine rings is 1. The van der Waals surface area contributed by atoms with Gasteiger partial charge in [-0.2, -0.15) is 4.31 Å². The third-order valence-corrected chi connectivity index (χ3v) is 9.14. The Kier molecular flexibility index (Phi) is 8.90. The summed E-state index contributed by atoms with van der Waals surface area (Å²) in [5.41, 5.74) is 3.81. The van der Waals surface area contributed by atoms with E-state index in [1.54, 1.807) is 4.31 Å². The molecule has 2 aromatic carbocycles. The van der Waals surface area contributed by atoms with Gasteiger partial charge < -0.3 is 5.32 Å². The third-order valence-electron chi connectivity index (χ3n) is 6.93. The highest BCUT2D eigenvalue weighted by atomic mass is 32.2. The predicted molar refractivity (Wildman–Crippen MR) is 137 cm³/mol. The SMILES string of the molecule is CCN(CC)C(CNC(=O)C1CCN(S(=O)(=O)c2c(C)cc(C)cc2C)CC1)c1ccccc1. The maximum atomic E-state index is 13.3. The van der Waals surface area contributed by atoms with Gasteiger partial charge in [-0.1, -0.05) is 61.9 Å². The highest BCUT2D eigenvalue weighted by Crippen LogP contribution is 2.29. The molecule has 0 bridgehead atoms. The number of carbonyl (C=O) groups excluding carboxylic acids is 1. The fourth-order valence-corrected chi connectivity index (χ4v) is 7.08. The van der Waals surface area contributed by atoms with E-state index in [0.29, 0.717) is 37.4 Å². The molecule has 6 nitrogen and oxygen atoms in total. The Labute approximate surface area is 205 Å². The molecule has 1 heterocycles. The summed E-state index contributed by atoms with van der Waals surface area (Å²) < 4.78 is 28.2. The second-order valence-electron chi connectivity index (χ2n) is 9.30. The number of aryl methyl sites for hydroxylation is 3. The molecule has 1 aliphatic heterocycles. The number of hydrogen-bond acceptors (Lipinski definition) is 4. The normalized spacial score (nSPS) is 16.5. The van der Waals surface area contributed by atoms with Crippen LogP contribution in [0, 0.1) is 26.7 Å². The van der Waals surface area contributed by atoms with Gasteiger partial charge in [0, 0.05) is 25.6 Å². The summed E-state index contributed by atoms with van der Waals surface area (Å²) >= 11 is 0. The van der Waals surface area contributed by atoms with Crippen LogP contribution in [-0.4, -0.2) is 56.3 Å². The van der Waals surface area contributed by atoms with Crippen molar-refractivity contribution in [2.75, 3.05) is 32.7 Å². The van der Waals surface area contributed by atoms with Crippen molar-refractivity contribution in [1.29, 1.82) is 0 Å². The van der Waals surface area contributed by atoms with Crippen molar-refractivity contribution in [3.8, 4) is 0 Å². The van der Waals surface area contributed by atoms with Crippen molar-refractivity contribution in [2.24, 2.45) is 5.92 Å². The molecular weight excluding hydrogens is 446 g/mol. The number of nitrogens with zero attached hydrogens (tertiary/aromatic N) is 2. The van der Waals surface area contributed by atoms with Gasteiger partial charge in [0.2, 0.25) is 15.9 Å². The van der Waals surface area contributed by atoms with E-state index in [1.165, 1.54) is 5.56 Å². The quantitative estimate of drug-likeness (QED) is 0.578. The molecule has 1 atom stereocenters. The monoisotopic (exact) mass is 485 g/mol. The molecule has 0 radical (unpaired) electrons. The number of hydrogen-bond donors (Lipinski definition) is 1. The predicted octanol–water partition coefficient (Wildman–Crippen LogP) is 4.21. The second kappa shape index (κ2) is 11.5. The molecule has 0 spiro atoms. The minimum Gasteiger partial charge on any atom is -0.354 e. The molecule has 34 heavy (non-hydrogen) atoms. The first kappa shape index (κ1) is 26.4. The van der Waals surface area contributed by atoms with Gasteiger partial charge in [-0.15, -0.1) is 0 Å². The molecule has 0 saturated carbocycles. The highest BCUT2D eigenvalue weighted by molar-refractivity contribution is 7.89. The lowest BCUT2D eigenvalue weighted by Gasteiger charge is -2.33. The molecule has 1 unspecified atom stereocenters. The van der Waals surface area contributed by atoms with Crippen LogP contribution in [0.5, 0.6) is 0 Å². The summed E-state index contributed by atoms with van der Waals surface area (Å²) in [5, 5.41) is 3.16. The van der Waals surface area contributed by atoms with Gasteiger partial charge in [-0.3, -0.25) is 9.69 Å². The molecule has 1 aliphatic rings. The van der Waals surface area contributed by atoms with Crippen LogP contribution >= 0.6 is 0 Å². The van der Waals surface area contributed by atoms with Crippen LogP contribution in [0.1, 0.15) is 55.0 Å². The van der Waals surface area contributed by atoms with E-state index in [-0.39, 0.29) is 17.9 Å². The van der Waals surface area contributed by atoms with Crippen molar-refractivity contribution in [2.45, 2.75) is 58.4 Å². The molecule has 3 rings (SSSR count). The van der Waals surface area contributed by atoms with E-state index in [4.69, 9.17) is 0 Å². The molecule has 0 aromatic heterocycles. The Morgan fingerprint density at radius 1 is 1.03 bits per heavy atom. The van der Waals surface area contributed by atoms with Crippen molar-refractivity contribution in [3.05, 3.63) is 64.7 Å². The topological polar surface area (TPSA) is 69.7 Å². The molecule has 2 aromatic rings. The Bertz CT molecular complexity index is 1050. The van der Waals surface area contributed by atoms with Crippen LogP contribution in [0.25, 0.3) is 0 Å². The van der Waals surface area contributed by atoms with Gasteiger partial charge >= 0.3 is 0 Å². The van der Waals surface area contributed by atoms with Gasteiger partial charge in [0.05, 0.1) is 10.9 Å². The molecule has 1 saturated heterocycles. The van der Waals surface area contributed by atoms with Crippen LogP contribution in [0.3, 0.4) is 0 Å². The van der Waals surface area contributed by atoms with Crippen LogP contribution in [0.2, 0.25) is 0 Å². The first-order valence-electron chi connectivity index (χ1n) is 12.3. The zero-order valence-electron chi connectivity index (χ0n) is 21.2. The minimum absolute atomic E-state index is 0.0211. The molecular formula is C27H39N3O3S. The van der Waals surface area contributed by atoms with Crippen molar-refractivity contribution in [3.63, 3.8) is 0 Å². The molecule has 186 valence electrons. The van der Waals surface area contributed by atoms with E-state index in [0.717, 1.165) is 29.8 Å². The minimum atomic E-state index is -3.57. The first-order chi connectivity index (χ1) is 16.2. The number of carbonyl (C=O) groups is 1. The number of likely N-dealkylation sites (N-methyl/N-ethyl adjacent to an activating group) is 1. The molecule has 7 heteroatoms. The number of sulfonamides is 1. The van der Waals surface area contributed by atoms with E-state index in [9.17, 15) is 13.2 Å². The van der Waals surface area contributed by atoms with Crippen LogP contribution in [0.15, 0.2) is 47.4 Å².